The molecule has 0 bridgehead atoms. The lowest BCUT2D eigenvalue weighted by Gasteiger charge is -2.33. The van der Waals surface area contributed by atoms with Crippen LogP contribution < -0.4 is 5.32 Å². The Balaban J connectivity index is 2.02. The molecule has 3 heteroatoms. The van der Waals surface area contributed by atoms with Crippen LogP contribution in [0, 0.1) is 5.92 Å². The summed E-state index contributed by atoms with van der Waals surface area (Å²) < 4.78 is 5.87. The van der Waals surface area contributed by atoms with Gasteiger partial charge < -0.3 is 10.1 Å². The molecular formula is C13H18ClNO. The van der Waals surface area contributed by atoms with Crippen molar-refractivity contribution in [3.8, 4) is 0 Å². The molecule has 2 nitrogen and oxygen atoms in total. The van der Waals surface area contributed by atoms with E-state index in [2.05, 4.69) is 19.2 Å². The van der Waals surface area contributed by atoms with E-state index in [4.69, 9.17) is 16.3 Å². The summed E-state index contributed by atoms with van der Waals surface area (Å²) in [5, 5.41) is 4.30. The number of rotatable bonds is 2. The smallest absolute Gasteiger partial charge is 0.0964 e. The van der Waals surface area contributed by atoms with Crippen molar-refractivity contribution in [2.24, 2.45) is 5.92 Å². The average Bonchev–Trinajstić information content (AvgIpc) is 2.30. The summed E-state index contributed by atoms with van der Waals surface area (Å²) in [5.41, 5.74) is 1.08. The molecule has 1 aliphatic rings. The highest BCUT2D eigenvalue weighted by molar-refractivity contribution is 6.31. The number of benzene rings is 1. The number of hydrogen-bond donors (Lipinski definition) is 1. The Hall–Kier alpha value is -0.570. The van der Waals surface area contributed by atoms with Crippen molar-refractivity contribution in [2.75, 3.05) is 13.2 Å². The molecule has 0 aromatic heterocycles. The molecule has 1 heterocycles. The summed E-state index contributed by atoms with van der Waals surface area (Å²) in [4.78, 5) is 0. The molecule has 1 aliphatic heterocycles. The van der Waals surface area contributed by atoms with Gasteiger partial charge in [0.25, 0.3) is 0 Å². The van der Waals surface area contributed by atoms with Gasteiger partial charge in [-0.1, -0.05) is 43.6 Å². The van der Waals surface area contributed by atoms with Gasteiger partial charge in [-0.05, 0) is 12.0 Å². The van der Waals surface area contributed by atoms with Crippen LogP contribution in [-0.4, -0.2) is 19.2 Å². The lowest BCUT2D eigenvalue weighted by molar-refractivity contribution is -0.00705. The SMILES string of the molecule is CC(C)C1COC(c2ccccc2Cl)CN1. The predicted molar refractivity (Wildman–Crippen MR) is 66.8 cm³/mol. The number of morpholine rings is 1. The van der Waals surface area contributed by atoms with E-state index in [-0.39, 0.29) is 6.10 Å². The second-order valence-electron chi connectivity index (χ2n) is 4.60. The average molecular weight is 240 g/mol. The summed E-state index contributed by atoms with van der Waals surface area (Å²) in [6.07, 6.45) is 0.0868. The van der Waals surface area contributed by atoms with Crippen LogP contribution in [0.5, 0.6) is 0 Å². The molecule has 2 unspecified atom stereocenters. The van der Waals surface area contributed by atoms with Gasteiger partial charge in [0.05, 0.1) is 12.7 Å². The van der Waals surface area contributed by atoms with Crippen molar-refractivity contribution < 1.29 is 4.74 Å². The summed E-state index contributed by atoms with van der Waals surface area (Å²) >= 11 is 6.15. The number of hydrogen-bond acceptors (Lipinski definition) is 2. The van der Waals surface area contributed by atoms with Crippen LogP contribution in [-0.2, 0) is 4.74 Å². The molecular weight excluding hydrogens is 222 g/mol. The van der Waals surface area contributed by atoms with Crippen LogP contribution >= 0.6 is 11.6 Å². The Morgan fingerprint density at radius 2 is 2.12 bits per heavy atom. The number of ether oxygens (including phenoxy) is 1. The molecule has 1 aromatic carbocycles. The van der Waals surface area contributed by atoms with Crippen LogP contribution in [0.25, 0.3) is 0 Å². The van der Waals surface area contributed by atoms with Gasteiger partial charge in [-0.25, -0.2) is 0 Å². The Labute approximate surface area is 102 Å². The van der Waals surface area contributed by atoms with Crippen molar-refractivity contribution in [1.29, 1.82) is 0 Å². The van der Waals surface area contributed by atoms with Gasteiger partial charge in [-0.3, -0.25) is 0 Å². The topological polar surface area (TPSA) is 21.3 Å². The van der Waals surface area contributed by atoms with E-state index in [0.717, 1.165) is 23.7 Å². The van der Waals surface area contributed by atoms with Crippen LogP contribution in [0.4, 0.5) is 0 Å². The molecule has 1 aromatic rings. The van der Waals surface area contributed by atoms with Crippen molar-refractivity contribution in [1.82, 2.24) is 5.32 Å². The molecule has 2 atom stereocenters. The molecule has 1 N–H and O–H groups in total. The first-order valence-electron chi connectivity index (χ1n) is 5.78. The third kappa shape index (κ3) is 2.57. The van der Waals surface area contributed by atoms with Crippen LogP contribution in [0.3, 0.4) is 0 Å². The largest absolute Gasteiger partial charge is 0.371 e. The minimum absolute atomic E-state index is 0.0868. The Morgan fingerprint density at radius 1 is 1.38 bits per heavy atom. The number of nitrogens with one attached hydrogen (secondary N) is 1. The molecule has 2 rings (SSSR count). The summed E-state index contributed by atoms with van der Waals surface area (Å²) in [7, 11) is 0. The van der Waals surface area contributed by atoms with E-state index in [1.807, 2.05) is 24.3 Å². The van der Waals surface area contributed by atoms with E-state index >= 15 is 0 Å². The zero-order valence-corrected chi connectivity index (χ0v) is 10.5. The molecule has 1 fully saturated rings. The zero-order chi connectivity index (χ0) is 11.5. The normalized spacial score (nSPS) is 26.0. The highest BCUT2D eigenvalue weighted by atomic mass is 35.5. The highest BCUT2D eigenvalue weighted by Crippen LogP contribution is 2.27. The Bertz CT molecular complexity index is 346. The first kappa shape index (κ1) is 11.9. The molecule has 0 spiro atoms. The molecule has 0 amide bonds. The Kier molecular flexibility index (Phi) is 3.85. The zero-order valence-electron chi connectivity index (χ0n) is 9.74. The second kappa shape index (κ2) is 5.17. The predicted octanol–water partition coefficient (Wildman–Crippen LogP) is 3.03. The summed E-state index contributed by atoms with van der Waals surface area (Å²) in [6, 6.07) is 8.34. The quantitative estimate of drug-likeness (QED) is 0.857. The standard InChI is InChI=1S/C13H18ClNO/c1-9(2)12-8-16-13(7-15-12)10-5-3-4-6-11(10)14/h3-6,9,12-13,15H,7-8H2,1-2H3. The van der Waals surface area contributed by atoms with E-state index in [9.17, 15) is 0 Å². The van der Waals surface area contributed by atoms with Crippen molar-refractivity contribution >= 4 is 11.6 Å². The maximum Gasteiger partial charge on any atom is 0.0964 e. The first-order chi connectivity index (χ1) is 7.68. The van der Waals surface area contributed by atoms with Crippen LogP contribution in [0.1, 0.15) is 25.5 Å². The minimum Gasteiger partial charge on any atom is -0.371 e. The van der Waals surface area contributed by atoms with Crippen molar-refractivity contribution in [3.63, 3.8) is 0 Å². The monoisotopic (exact) mass is 239 g/mol. The third-order valence-corrected chi connectivity index (χ3v) is 3.44. The number of halogens is 1. The van der Waals surface area contributed by atoms with Crippen molar-refractivity contribution in [2.45, 2.75) is 26.0 Å². The summed E-state index contributed by atoms with van der Waals surface area (Å²) in [6.45, 7) is 6.01. The Morgan fingerprint density at radius 3 is 2.69 bits per heavy atom. The van der Waals surface area contributed by atoms with Gasteiger partial charge in [0.1, 0.15) is 0 Å². The first-order valence-corrected chi connectivity index (χ1v) is 6.15. The maximum atomic E-state index is 6.15. The van der Waals surface area contributed by atoms with E-state index in [1.54, 1.807) is 0 Å². The van der Waals surface area contributed by atoms with Gasteiger partial charge in [0.15, 0.2) is 0 Å². The molecule has 88 valence electrons. The van der Waals surface area contributed by atoms with Gasteiger partial charge >= 0.3 is 0 Å². The van der Waals surface area contributed by atoms with E-state index < -0.39 is 0 Å². The third-order valence-electron chi connectivity index (χ3n) is 3.10. The maximum absolute atomic E-state index is 6.15. The fourth-order valence-corrected chi connectivity index (χ4v) is 2.22. The highest BCUT2D eigenvalue weighted by Gasteiger charge is 2.25. The van der Waals surface area contributed by atoms with Gasteiger partial charge in [-0.15, -0.1) is 0 Å². The minimum atomic E-state index is 0.0868. The lowest BCUT2D eigenvalue weighted by atomic mass is 10.0. The van der Waals surface area contributed by atoms with Crippen LogP contribution in [0.15, 0.2) is 24.3 Å². The van der Waals surface area contributed by atoms with Gasteiger partial charge in [-0.2, -0.15) is 0 Å². The van der Waals surface area contributed by atoms with Gasteiger partial charge in [0.2, 0.25) is 0 Å². The summed E-state index contributed by atoms with van der Waals surface area (Å²) in [5.74, 6) is 0.604. The van der Waals surface area contributed by atoms with Crippen molar-refractivity contribution in [3.05, 3.63) is 34.9 Å². The van der Waals surface area contributed by atoms with Crippen LogP contribution in [0.2, 0.25) is 5.02 Å². The molecule has 0 saturated carbocycles. The second-order valence-corrected chi connectivity index (χ2v) is 5.01. The lowest BCUT2D eigenvalue weighted by Crippen LogP contribution is -2.45. The fraction of sp³-hybridized carbons (Fsp3) is 0.538. The van der Waals surface area contributed by atoms with E-state index in [1.165, 1.54) is 0 Å². The molecule has 0 aliphatic carbocycles. The van der Waals surface area contributed by atoms with E-state index in [0.29, 0.717) is 12.0 Å². The van der Waals surface area contributed by atoms with Gasteiger partial charge in [0, 0.05) is 23.2 Å². The fourth-order valence-electron chi connectivity index (χ4n) is 1.96. The molecule has 16 heavy (non-hydrogen) atoms. The molecule has 0 radical (unpaired) electrons. The molecule has 1 saturated heterocycles.